The Morgan fingerprint density at radius 3 is 2.17 bits per heavy atom. The highest BCUT2D eigenvalue weighted by molar-refractivity contribution is 7.12. The summed E-state index contributed by atoms with van der Waals surface area (Å²) in [6.45, 7) is 8.56. The van der Waals surface area contributed by atoms with Gasteiger partial charge < -0.3 is 10.1 Å². The summed E-state index contributed by atoms with van der Waals surface area (Å²) in [7, 11) is 0. The van der Waals surface area contributed by atoms with Crippen molar-refractivity contribution in [3.8, 4) is 39.7 Å². The van der Waals surface area contributed by atoms with Gasteiger partial charge in [0.2, 0.25) is 0 Å². The lowest BCUT2D eigenvalue weighted by atomic mass is 10.0. The zero-order valence-electron chi connectivity index (χ0n) is 17.3. The van der Waals surface area contributed by atoms with E-state index in [0.29, 0.717) is 5.82 Å². The molecular weight excluding hydrogens is 408 g/mol. The van der Waals surface area contributed by atoms with E-state index in [1.807, 2.05) is 24.3 Å². The first-order valence-corrected chi connectivity index (χ1v) is 11.5. The van der Waals surface area contributed by atoms with E-state index in [1.165, 1.54) is 25.1 Å². The van der Waals surface area contributed by atoms with Crippen LogP contribution in [0.4, 0.5) is 0 Å². The molecule has 5 rings (SSSR count). The zero-order chi connectivity index (χ0) is 21.0. The molecule has 5 heteroatoms. The van der Waals surface area contributed by atoms with Crippen molar-refractivity contribution in [1.82, 2.24) is 9.97 Å². The first-order chi connectivity index (χ1) is 14.4. The Morgan fingerprint density at radius 1 is 0.833 bits per heavy atom. The molecule has 30 heavy (non-hydrogen) atoms. The number of hydrogen-bond donors (Lipinski definition) is 2. The van der Waals surface area contributed by atoms with Crippen LogP contribution in [0.5, 0.6) is 5.75 Å². The summed E-state index contributed by atoms with van der Waals surface area (Å²) >= 11 is 3.58. The summed E-state index contributed by atoms with van der Waals surface area (Å²) in [5.74, 6) is 0.929. The minimum absolute atomic E-state index is 0.233. The van der Waals surface area contributed by atoms with E-state index in [4.69, 9.17) is 4.98 Å². The summed E-state index contributed by atoms with van der Waals surface area (Å²) in [6.07, 6.45) is 0. The number of phenols is 1. The first kappa shape index (κ1) is 19.1. The third-order valence-corrected chi connectivity index (χ3v) is 7.39. The van der Waals surface area contributed by atoms with Crippen molar-refractivity contribution in [3.63, 3.8) is 0 Å². The van der Waals surface area contributed by atoms with Gasteiger partial charge in [-0.15, -0.1) is 22.7 Å². The molecule has 0 fully saturated rings. The first-order valence-electron chi connectivity index (χ1n) is 9.88. The number of nitrogens with zero attached hydrogens (tertiary/aromatic N) is 1. The van der Waals surface area contributed by atoms with Crippen LogP contribution < -0.4 is 0 Å². The van der Waals surface area contributed by atoms with E-state index >= 15 is 0 Å². The average molecular weight is 431 g/mol. The topological polar surface area (TPSA) is 48.9 Å². The normalized spacial score (nSPS) is 11.5. The lowest BCUT2D eigenvalue weighted by Crippen LogP contribution is -1.85. The van der Waals surface area contributed by atoms with Crippen molar-refractivity contribution in [2.24, 2.45) is 0 Å². The van der Waals surface area contributed by atoms with Gasteiger partial charge in [0.15, 0.2) is 0 Å². The number of hydrogen-bond acceptors (Lipinski definition) is 4. The predicted molar refractivity (Wildman–Crippen MR) is 129 cm³/mol. The van der Waals surface area contributed by atoms with Crippen molar-refractivity contribution >= 4 is 33.4 Å². The molecule has 0 amide bonds. The molecule has 0 aliphatic heterocycles. The maximum Gasteiger partial charge on any atom is 0.142 e. The van der Waals surface area contributed by atoms with Gasteiger partial charge in [-0.1, -0.05) is 30.3 Å². The standard InChI is InChI=1S/C25H22N2OS2/c1-13-11-19(15(3)29-13)23-24(20-12-14(2)30-16(20)4)27-25(26-23)22-18-8-6-5-7-17(18)9-10-21(22)28/h5-12,28H,1-4H3,(H,26,27). The highest BCUT2D eigenvalue weighted by Crippen LogP contribution is 2.43. The number of aromatic amines is 1. The van der Waals surface area contributed by atoms with Gasteiger partial charge in [0, 0.05) is 30.6 Å². The van der Waals surface area contributed by atoms with E-state index in [-0.39, 0.29) is 5.75 Å². The SMILES string of the molecule is Cc1cc(-c2nc(-c3c(O)ccc4ccccc34)[nH]c2-c2cc(C)sc2C)c(C)s1. The van der Waals surface area contributed by atoms with Crippen LogP contribution in [0, 0.1) is 27.7 Å². The summed E-state index contributed by atoms with van der Waals surface area (Å²) in [5, 5.41) is 12.8. The minimum atomic E-state index is 0.233. The molecule has 0 unspecified atom stereocenters. The number of nitrogens with one attached hydrogen (secondary N) is 1. The van der Waals surface area contributed by atoms with Crippen LogP contribution in [-0.2, 0) is 0 Å². The molecule has 3 nitrogen and oxygen atoms in total. The number of aromatic nitrogens is 2. The fraction of sp³-hybridized carbons (Fsp3) is 0.160. The summed E-state index contributed by atoms with van der Waals surface area (Å²) in [5.41, 5.74) is 5.03. The smallest absolute Gasteiger partial charge is 0.142 e. The fourth-order valence-corrected chi connectivity index (χ4v) is 5.99. The molecule has 5 aromatic rings. The van der Waals surface area contributed by atoms with Gasteiger partial charge in [0.25, 0.3) is 0 Å². The van der Waals surface area contributed by atoms with E-state index in [2.05, 4.69) is 50.9 Å². The van der Waals surface area contributed by atoms with Gasteiger partial charge in [-0.2, -0.15) is 0 Å². The zero-order valence-corrected chi connectivity index (χ0v) is 19.0. The molecule has 2 aromatic carbocycles. The Kier molecular flexibility index (Phi) is 4.53. The third kappa shape index (κ3) is 3.06. The molecule has 0 aliphatic carbocycles. The Labute approximate surface area is 183 Å². The van der Waals surface area contributed by atoms with Crippen LogP contribution in [-0.4, -0.2) is 15.1 Å². The van der Waals surface area contributed by atoms with Crippen molar-refractivity contribution in [1.29, 1.82) is 0 Å². The molecule has 0 saturated carbocycles. The number of thiophene rings is 2. The highest BCUT2D eigenvalue weighted by atomic mass is 32.1. The second kappa shape index (κ2) is 7.11. The van der Waals surface area contributed by atoms with Gasteiger partial charge in [-0.3, -0.25) is 0 Å². The minimum Gasteiger partial charge on any atom is -0.507 e. The lowest BCUT2D eigenvalue weighted by molar-refractivity contribution is 0.477. The van der Waals surface area contributed by atoms with Crippen LogP contribution in [0.1, 0.15) is 19.5 Å². The molecule has 150 valence electrons. The van der Waals surface area contributed by atoms with E-state index < -0.39 is 0 Å². The molecule has 3 aromatic heterocycles. The van der Waals surface area contributed by atoms with Crippen LogP contribution in [0.25, 0.3) is 44.7 Å². The van der Waals surface area contributed by atoms with Crippen LogP contribution in [0.2, 0.25) is 0 Å². The number of H-pyrrole nitrogens is 1. The maximum absolute atomic E-state index is 10.8. The van der Waals surface area contributed by atoms with Gasteiger partial charge in [-0.25, -0.2) is 4.98 Å². The second-order valence-electron chi connectivity index (χ2n) is 7.64. The molecule has 3 heterocycles. The fourth-order valence-electron chi connectivity index (χ4n) is 4.14. The Balaban J connectivity index is 1.83. The quantitative estimate of drug-likeness (QED) is 0.309. The van der Waals surface area contributed by atoms with Gasteiger partial charge in [0.1, 0.15) is 11.6 Å². The number of fused-ring (bicyclic) bond motifs is 1. The predicted octanol–water partition coefficient (Wildman–Crippen LogP) is 7.63. The van der Waals surface area contributed by atoms with E-state index in [9.17, 15) is 5.11 Å². The lowest BCUT2D eigenvalue weighted by Gasteiger charge is -2.06. The summed E-state index contributed by atoms with van der Waals surface area (Å²) < 4.78 is 0. The van der Waals surface area contributed by atoms with Crippen molar-refractivity contribution in [2.75, 3.05) is 0 Å². The summed E-state index contributed by atoms with van der Waals surface area (Å²) in [4.78, 5) is 13.7. The molecule has 0 aliphatic rings. The van der Waals surface area contributed by atoms with Crippen molar-refractivity contribution in [3.05, 3.63) is 68.0 Å². The van der Waals surface area contributed by atoms with Gasteiger partial charge >= 0.3 is 0 Å². The molecule has 2 N–H and O–H groups in total. The van der Waals surface area contributed by atoms with E-state index in [0.717, 1.165) is 33.3 Å². The molecule has 0 atom stereocenters. The van der Waals surface area contributed by atoms with E-state index in [1.54, 1.807) is 28.7 Å². The molecule has 0 bridgehead atoms. The number of benzene rings is 2. The number of aryl methyl sites for hydroxylation is 4. The molecule has 0 saturated heterocycles. The third-order valence-electron chi connectivity index (χ3n) is 5.45. The number of rotatable bonds is 3. The largest absolute Gasteiger partial charge is 0.507 e. The van der Waals surface area contributed by atoms with Crippen LogP contribution in [0.15, 0.2) is 48.5 Å². The highest BCUT2D eigenvalue weighted by Gasteiger charge is 2.22. The Hall–Kier alpha value is -2.89. The Bertz CT molecular complexity index is 1340. The number of phenolic OH excluding ortho intramolecular Hbond substituents is 1. The Morgan fingerprint density at radius 2 is 1.50 bits per heavy atom. The molecule has 0 radical (unpaired) electrons. The van der Waals surface area contributed by atoms with Crippen LogP contribution >= 0.6 is 22.7 Å². The van der Waals surface area contributed by atoms with Crippen molar-refractivity contribution in [2.45, 2.75) is 27.7 Å². The van der Waals surface area contributed by atoms with Gasteiger partial charge in [0.05, 0.1) is 17.0 Å². The average Bonchev–Trinajstić information content (AvgIpc) is 3.37. The van der Waals surface area contributed by atoms with Gasteiger partial charge in [-0.05, 0) is 56.7 Å². The maximum atomic E-state index is 10.8. The molecular formula is C25H22N2OS2. The van der Waals surface area contributed by atoms with Crippen LogP contribution in [0.3, 0.4) is 0 Å². The summed E-state index contributed by atoms with van der Waals surface area (Å²) in [6, 6.07) is 16.2. The second-order valence-corrected chi connectivity index (χ2v) is 10.6. The monoisotopic (exact) mass is 430 g/mol. The molecule has 0 spiro atoms. The number of imidazole rings is 1. The van der Waals surface area contributed by atoms with Crippen molar-refractivity contribution < 1.29 is 5.11 Å². The number of aromatic hydroxyl groups is 1.